The monoisotopic (exact) mass is 674 g/mol. The van der Waals surface area contributed by atoms with Crippen LogP contribution < -0.4 is 14.9 Å². The van der Waals surface area contributed by atoms with Gasteiger partial charge in [0, 0.05) is 5.46 Å². The molecule has 0 saturated heterocycles. The van der Waals surface area contributed by atoms with Crippen LogP contribution in [0.1, 0.15) is 22.3 Å². The van der Waals surface area contributed by atoms with E-state index in [9.17, 15) is 36.4 Å². The van der Waals surface area contributed by atoms with Crippen molar-refractivity contribution in [1.29, 1.82) is 0 Å². The van der Waals surface area contributed by atoms with E-state index < -0.39 is 30.6 Å². The normalized spacial score (nSPS) is 11.3. The van der Waals surface area contributed by atoms with Gasteiger partial charge in [0.25, 0.3) is 0 Å². The van der Waals surface area contributed by atoms with Gasteiger partial charge in [0.05, 0.1) is 14.7 Å². The largest absolute Gasteiger partial charge is 0.492 e. The van der Waals surface area contributed by atoms with Crippen LogP contribution >= 0.6 is 22.6 Å². The SMILES string of the molecule is FC(F)(F)c1ccc(OCc2ccccc2)c(I)c1.OB(O)c1cc(C(F)(F)F)ccc1OCc1ccccc1. The molecule has 4 nitrogen and oxygen atoms in total. The minimum atomic E-state index is -4.55. The molecule has 0 aliphatic carbocycles. The van der Waals surface area contributed by atoms with Gasteiger partial charge in [-0.05, 0) is 70.1 Å². The van der Waals surface area contributed by atoms with E-state index in [2.05, 4.69) is 0 Å². The van der Waals surface area contributed by atoms with Gasteiger partial charge in [-0.25, -0.2) is 0 Å². The lowest BCUT2D eigenvalue weighted by molar-refractivity contribution is -0.138. The van der Waals surface area contributed by atoms with Crippen LogP contribution in [0.5, 0.6) is 11.5 Å². The molecule has 0 aliphatic rings. The van der Waals surface area contributed by atoms with E-state index in [1.165, 1.54) is 6.07 Å². The highest BCUT2D eigenvalue weighted by atomic mass is 127. The molecule has 0 unspecified atom stereocenters. The van der Waals surface area contributed by atoms with Crippen molar-refractivity contribution in [2.24, 2.45) is 0 Å². The lowest BCUT2D eigenvalue weighted by Gasteiger charge is -2.14. The second-order valence-electron chi connectivity index (χ2n) is 8.32. The van der Waals surface area contributed by atoms with E-state index in [1.54, 1.807) is 24.3 Å². The van der Waals surface area contributed by atoms with Gasteiger partial charge in [-0.2, -0.15) is 26.3 Å². The Balaban J connectivity index is 0.000000222. The molecule has 4 aromatic carbocycles. The van der Waals surface area contributed by atoms with Crippen LogP contribution in [-0.2, 0) is 25.6 Å². The molecule has 0 bridgehead atoms. The van der Waals surface area contributed by atoms with Gasteiger partial charge < -0.3 is 19.5 Å². The Kier molecular flexibility index (Phi) is 10.9. The van der Waals surface area contributed by atoms with Crippen molar-refractivity contribution in [3.63, 3.8) is 0 Å². The molecule has 0 heterocycles. The summed E-state index contributed by atoms with van der Waals surface area (Å²) >= 11 is 1.84. The van der Waals surface area contributed by atoms with Crippen molar-refractivity contribution in [1.82, 2.24) is 0 Å². The number of halogens is 7. The summed E-state index contributed by atoms with van der Waals surface area (Å²) in [5.41, 5.74) is -0.156. The zero-order chi connectivity index (χ0) is 29.3. The molecule has 0 radical (unpaired) electrons. The van der Waals surface area contributed by atoms with Crippen molar-refractivity contribution >= 4 is 35.2 Å². The standard InChI is InChI=1S/C14H12BF3O3.C14H10F3IO/c16-14(17,18)11-6-7-13(12(8-11)15(19)20)21-9-10-4-2-1-3-5-10;15-14(16,17)11-6-7-13(12(18)8-11)19-9-10-4-2-1-3-5-10/h1-8,19-20H,9H2;1-8H,9H2. The van der Waals surface area contributed by atoms with Gasteiger partial charge >= 0.3 is 19.5 Å². The number of rotatable bonds is 7. The molecule has 210 valence electrons. The van der Waals surface area contributed by atoms with E-state index in [4.69, 9.17) is 9.47 Å². The molecule has 40 heavy (non-hydrogen) atoms. The Labute approximate surface area is 240 Å². The average molecular weight is 674 g/mol. The van der Waals surface area contributed by atoms with Crippen LogP contribution in [0.4, 0.5) is 26.3 Å². The second-order valence-corrected chi connectivity index (χ2v) is 9.48. The topological polar surface area (TPSA) is 58.9 Å². The molecule has 4 rings (SSSR count). The minimum Gasteiger partial charge on any atom is -0.489 e. The maximum absolute atomic E-state index is 12.6. The van der Waals surface area contributed by atoms with Crippen molar-refractivity contribution in [2.75, 3.05) is 0 Å². The molecule has 0 aliphatic heterocycles. The predicted molar refractivity (Wildman–Crippen MR) is 147 cm³/mol. The highest BCUT2D eigenvalue weighted by Crippen LogP contribution is 2.33. The highest BCUT2D eigenvalue weighted by Gasteiger charge is 2.33. The Morgan fingerprint density at radius 2 is 1.02 bits per heavy atom. The number of ether oxygens (including phenoxy) is 2. The van der Waals surface area contributed by atoms with Crippen LogP contribution in [0, 0.1) is 3.57 Å². The highest BCUT2D eigenvalue weighted by molar-refractivity contribution is 14.1. The molecular weight excluding hydrogens is 652 g/mol. The quantitative estimate of drug-likeness (QED) is 0.128. The molecule has 4 aromatic rings. The van der Waals surface area contributed by atoms with E-state index in [0.29, 0.717) is 22.0 Å². The average Bonchev–Trinajstić information content (AvgIpc) is 2.91. The molecule has 0 spiro atoms. The maximum Gasteiger partial charge on any atom is 0.492 e. The summed E-state index contributed by atoms with van der Waals surface area (Å²) in [6, 6.07) is 24.5. The maximum atomic E-state index is 12.6. The van der Waals surface area contributed by atoms with E-state index in [-0.39, 0.29) is 17.8 Å². The summed E-state index contributed by atoms with van der Waals surface area (Å²) in [7, 11) is -2.04. The van der Waals surface area contributed by atoms with Gasteiger partial charge in [-0.15, -0.1) is 0 Å². The number of hydrogen-bond donors (Lipinski definition) is 2. The van der Waals surface area contributed by atoms with Crippen molar-refractivity contribution < 1.29 is 45.9 Å². The Bertz CT molecular complexity index is 1370. The third-order valence-electron chi connectivity index (χ3n) is 5.35. The van der Waals surface area contributed by atoms with Crippen LogP contribution in [-0.4, -0.2) is 17.2 Å². The lowest BCUT2D eigenvalue weighted by atomic mass is 9.78. The van der Waals surface area contributed by atoms with Crippen molar-refractivity contribution in [3.8, 4) is 11.5 Å². The van der Waals surface area contributed by atoms with Crippen molar-refractivity contribution in [2.45, 2.75) is 25.6 Å². The van der Waals surface area contributed by atoms with Crippen LogP contribution in [0.15, 0.2) is 97.1 Å². The summed E-state index contributed by atoms with van der Waals surface area (Å²) in [5.74, 6) is 0.458. The van der Waals surface area contributed by atoms with E-state index >= 15 is 0 Å². The van der Waals surface area contributed by atoms with Gasteiger partial charge in [0.15, 0.2) is 0 Å². The Morgan fingerprint density at radius 1 is 0.600 bits per heavy atom. The molecule has 0 atom stereocenters. The van der Waals surface area contributed by atoms with E-state index in [0.717, 1.165) is 35.4 Å². The number of alkyl halides is 6. The molecule has 12 heteroatoms. The lowest BCUT2D eigenvalue weighted by Crippen LogP contribution is -2.32. The predicted octanol–water partition coefficient (Wildman–Crippen LogP) is 6.85. The van der Waals surface area contributed by atoms with Gasteiger partial charge in [0.1, 0.15) is 24.7 Å². The summed E-state index contributed by atoms with van der Waals surface area (Å²) < 4.78 is 86.7. The molecular formula is C28H22BF6IO4. The second kappa shape index (κ2) is 13.9. The molecule has 0 amide bonds. The van der Waals surface area contributed by atoms with Gasteiger partial charge in [-0.1, -0.05) is 60.7 Å². The summed E-state index contributed by atoms with van der Waals surface area (Å²) in [4.78, 5) is 0. The third-order valence-corrected chi connectivity index (χ3v) is 6.19. The van der Waals surface area contributed by atoms with E-state index in [1.807, 2.05) is 59.0 Å². The first-order valence-corrected chi connectivity index (χ1v) is 12.7. The Morgan fingerprint density at radius 3 is 1.45 bits per heavy atom. The zero-order valence-corrected chi connectivity index (χ0v) is 22.7. The van der Waals surface area contributed by atoms with Crippen LogP contribution in [0.2, 0.25) is 0 Å². The smallest absolute Gasteiger partial charge is 0.489 e. The number of hydrogen-bond acceptors (Lipinski definition) is 4. The molecule has 0 aromatic heterocycles. The molecule has 2 N–H and O–H groups in total. The Hall–Kier alpha value is -3.23. The summed E-state index contributed by atoms with van der Waals surface area (Å²) in [6.07, 6.45) is -8.88. The third kappa shape index (κ3) is 9.45. The fourth-order valence-corrected chi connectivity index (χ4v) is 3.99. The summed E-state index contributed by atoms with van der Waals surface area (Å²) in [6.45, 7) is 0.453. The zero-order valence-electron chi connectivity index (χ0n) is 20.6. The fourth-order valence-electron chi connectivity index (χ4n) is 3.32. The first-order valence-electron chi connectivity index (χ1n) is 11.6. The van der Waals surface area contributed by atoms with Crippen LogP contribution in [0.3, 0.4) is 0 Å². The first-order chi connectivity index (χ1) is 18.8. The molecule has 0 fully saturated rings. The van der Waals surface area contributed by atoms with Gasteiger partial charge in [0.2, 0.25) is 0 Å². The van der Waals surface area contributed by atoms with Crippen LogP contribution in [0.25, 0.3) is 0 Å². The first kappa shape index (κ1) is 31.3. The minimum absolute atomic E-state index is 0.00172. The number of benzene rings is 4. The van der Waals surface area contributed by atoms with Gasteiger partial charge in [-0.3, -0.25) is 0 Å². The fraction of sp³-hybridized carbons (Fsp3) is 0.143. The summed E-state index contributed by atoms with van der Waals surface area (Å²) in [5, 5.41) is 18.4. The van der Waals surface area contributed by atoms with Crippen molar-refractivity contribution in [3.05, 3.63) is 123 Å². The molecule has 0 saturated carbocycles.